The summed E-state index contributed by atoms with van der Waals surface area (Å²) < 4.78 is 1.80. The number of carbonyl (C=O) groups excluding carboxylic acids is 1. The van der Waals surface area contributed by atoms with Crippen molar-refractivity contribution in [1.82, 2.24) is 25.3 Å². The Morgan fingerprint density at radius 2 is 2.08 bits per heavy atom. The number of H-pyrrole nitrogens is 1. The molecule has 130 valence electrons. The number of amides is 2. The van der Waals surface area contributed by atoms with E-state index >= 15 is 0 Å². The van der Waals surface area contributed by atoms with Crippen molar-refractivity contribution in [2.24, 2.45) is 0 Å². The van der Waals surface area contributed by atoms with Gasteiger partial charge in [-0.05, 0) is 45.0 Å². The second kappa shape index (κ2) is 7.21. The highest BCUT2D eigenvalue weighted by Crippen LogP contribution is 2.20. The lowest BCUT2D eigenvalue weighted by Gasteiger charge is -2.16. The monoisotopic (exact) mass is 338 g/mol. The SMILES string of the molecule is Cc1cc(C[C@@H](C)NC(=O)Nc2ccccc2-n2nccc2C)n[nH]1. The van der Waals surface area contributed by atoms with Gasteiger partial charge in [0.25, 0.3) is 0 Å². The molecule has 0 saturated heterocycles. The van der Waals surface area contributed by atoms with Gasteiger partial charge < -0.3 is 10.6 Å². The maximum Gasteiger partial charge on any atom is 0.319 e. The number of benzene rings is 1. The highest BCUT2D eigenvalue weighted by Gasteiger charge is 2.13. The van der Waals surface area contributed by atoms with Gasteiger partial charge in [0.2, 0.25) is 0 Å². The second-order valence-electron chi connectivity index (χ2n) is 6.15. The van der Waals surface area contributed by atoms with Crippen LogP contribution in [0.25, 0.3) is 5.69 Å². The molecule has 0 aliphatic rings. The van der Waals surface area contributed by atoms with Crippen molar-refractivity contribution in [2.75, 3.05) is 5.32 Å². The summed E-state index contributed by atoms with van der Waals surface area (Å²) in [6, 6.07) is 11.2. The van der Waals surface area contributed by atoms with Crippen molar-refractivity contribution >= 4 is 11.7 Å². The highest BCUT2D eigenvalue weighted by atomic mass is 16.2. The number of hydrogen-bond donors (Lipinski definition) is 3. The van der Waals surface area contributed by atoms with Crippen LogP contribution in [0.5, 0.6) is 0 Å². The van der Waals surface area contributed by atoms with Crippen molar-refractivity contribution < 1.29 is 4.79 Å². The molecule has 25 heavy (non-hydrogen) atoms. The molecule has 0 fully saturated rings. The number of nitrogens with zero attached hydrogens (tertiary/aromatic N) is 3. The summed E-state index contributed by atoms with van der Waals surface area (Å²) in [7, 11) is 0. The first kappa shape index (κ1) is 16.8. The first-order valence-corrected chi connectivity index (χ1v) is 8.21. The van der Waals surface area contributed by atoms with E-state index in [-0.39, 0.29) is 12.1 Å². The summed E-state index contributed by atoms with van der Waals surface area (Å²) in [6.07, 6.45) is 2.40. The third-order valence-corrected chi connectivity index (χ3v) is 3.86. The third kappa shape index (κ3) is 4.06. The molecule has 2 amide bonds. The van der Waals surface area contributed by atoms with Crippen LogP contribution in [-0.2, 0) is 6.42 Å². The molecule has 0 aliphatic heterocycles. The zero-order valence-electron chi connectivity index (χ0n) is 14.6. The summed E-state index contributed by atoms with van der Waals surface area (Å²) in [6.45, 7) is 5.88. The molecular formula is C18H22N6O. The fraction of sp³-hybridized carbons (Fsp3) is 0.278. The van der Waals surface area contributed by atoms with Gasteiger partial charge in [0.15, 0.2) is 0 Å². The van der Waals surface area contributed by atoms with E-state index < -0.39 is 0 Å². The molecule has 2 aromatic heterocycles. The van der Waals surface area contributed by atoms with Gasteiger partial charge in [-0.2, -0.15) is 10.2 Å². The zero-order chi connectivity index (χ0) is 17.8. The number of aryl methyl sites for hydroxylation is 2. The molecule has 1 atom stereocenters. The van der Waals surface area contributed by atoms with E-state index in [4.69, 9.17) is 0 Å². The third-order valence-electron chi connectivity index (χ3n) is 3.86. The van der Waals surface area contributed by atoms with Crippen LogP contribution in [0.4, 0.5) is 10.5 Å². The number of aromatic amines is 1. The van der Waals surface area contributed by atoms with Crippen LogP contribution in [0, 0.1) is 13.8 Å². The van der Waals surface area contributed by atoms with Gasteiger partial charge in [0, 0.05) is 30.0 Å². The van der Waals surface area contributed by atoms with Gasteiger partial charge in [-0.25, -0.2) is 9.48 Å². The van der Waals surface area contributed by atoms with E-state index in [0.29, 0.717) is 12.1 Å². The smallest absolute Gasteiger partial charge is 0.319 e. The predicted octanol–water partition coefficient (Wildman–Crippen LogP) is 2.96. The molecule has 0 aliphatic carbocycles. The first-order valence-electron chi connectivity index (χ1n) is 8.21. The number of nitrogens with one attached hydrogen (secondary N) is 3. The first-order chi connectivity index (χ1) is 12.0. The molecular weight excluding hydrogens is 316 g/mol. The van der Waals surface area contributed by atoms with Crippen molar-refractivity contribution in [3.63, 3.8) is 0 Å². The standard InChI is InChI=1S/C18H22N6O/c1-12(10-15-11-13(2)22-23-15)20-18(25)21-16-6-4-5-7-17(16)24-14(3)8-9-19-24/h4-9,11-12H,10H2,1-3H3,(H,22,23)(H2,20,21,25)/t12-/m1/s1. The number of carbonyl (C=O) groups is 1. The fourth-order valence-corrected chi connectivity index (χ4v) is 2.71. The number of urea groups is 1. The maximum absolute atomic E-state index is 12.3. The summed E-state index contributed by atoms with van der Waals surface area (Å²) >= 11 is 0. The Labute approximate surface area is 146 Å². The lowest BCUT2D eigenvalue weighted by atomic mass is 10.2. The summed E-state index contributed by atoms with van der Waals surface area (Å²) in [5.74, 6) is 0. The number of rotatable bonds is 5. The Morgan fingerprint density at radius 3 is 2.76 bits per heavy atom. The quantitative estimate of drug-likeness (QED) is 0.668. The molecule has 7 heteroatoms. The average Bonchev–Trinajstić information content (AvgIpc) is 3.16. The molecule has 0 spiro atoms. The number of hydrogen-bond acceptors (Lipinski definition) is 3. The second-order valence-corrected chi connectivity index (χ2v) is 6.15. The molecule has 0 radical (unpaired) electrons. The minimum atomic E-state index is -0.253. The van der Waals surface area contributed by atoms with Gasteiger partial charge >= 0.3 is 6.03 Å². The lowest BCUT2D eigenvalue weighted by Crippen LogP contribution is -2.37. The number of aromatic nitrogens is 4. The molecule has 3 rings (SSSR count). The Balaban J connectivity index is 1.66. The van der Waals surface area contributed by atoms with E-state index in [1.165, 1.54) is 0 Å². The molecule has 3 N–H and O–H groups in total. The van der Waals surface area contributed by atoms with E-state index in [1.54, 1.807) is 10.9 Å². The van der Waals surface area contributed by atoms with Crippen LogP contribution in [0.2, 0.25) is 0 Å². The van der Waals surface area contributed by atoms with Crippen molar-refractivity contribution in [3.05, 3.63) is 59.7 Å². The Morgan fingerprint density at radius 1 is 1.28 bits per heavy atom. The number of anilines is 1. The molecule has 0 bridgehead atoms. The van der Waals surface area contributed by atoms with E-state index in [9.17, 15) is 4.79 Å². The van der Waals surface area contributed by atoms with Crippen LogP contribution in [-0.4, -0.2) is 32.1 Å². The van der Waals surface area contributed by atoms with E-state index in [1.807, 2.05) is 57.2 Å². The minimum Gasteiger partial charge on any atom is -0.335 e. The maximum atomic E-state index is 12.3. The summed E-state index contributed by atoms with van der Waals surface area (Å²) in [5, 5.41) is 17.3. The van der Waals surface area contributed by atoms with Crippen LogP contribution >= 0.6 is 0 Å². The zero-order valence-corrected chi connectivity index (χ0v) is 14.6. The fourth-order valence-electron chi connectivity index (χ4n) is 2.71. The highest BCUT2D eigenvalue weighted by molar-refractivity contribution is 5.91. The topological polar surface area (TPSA) is 87.6 Å². The van der Waals surface area contributed by atoms with Gasteiger partial charge in [0.1, 0.15) is 0 Å². The Kier molecular flexibility index (Phi) is 4.83. The van der Waals surface area contributed by atoms with E-state index in [2.05, 4.69) is 25.9 Å². The Hall–Kier alpha value is -3.09. The largest absolute Gasteiger partial charge is 0.335 e. The molecule has 7 nitrogen and oxygen atoms in total. The lowest BCUT2D eigenvalue weighted by molar-refractivity contribution is 0.249. The van der Waals surface area contributed by atoms with Crippen LogP contribution in [0.1, 0.15) is 24.0 Å². The Bertz CT molecular complexity index is 866. The van der Waals surface area contributed by atoms with Gasteiger partial charge in [-0.1, -0.05) is 12.1 Å². The van der Waals surface area contributed by atoms with Crippen LogP contribution in [0.15, 0.2) is 42.6 Å². The van der Waals surface area contributed by atoms with Crippen molar-refractivity contribution in [1.29, 1.82) is 0 Å². The van der Waals surface area contributed by atoms with Gasteiger partial charge in [-0.3, -0.25) is 5.10 Å². The van der Waals surface area contributed by atoms with Gasteiger partial charge in [-0.15, -0.1) is 0 Å². The predicted molar refractivity (Wildman–Crippen MR) is 96.9 cm³/mol. The molecule has 0 saturated carbocycles. The van der Waals surface area contributed by atoms with Crippen LogP contribution < -0.4 is 10.6 Å². The summed E-state index contributed by atoms with van der Waals surface area (Å²) in [4.78, 5) is 12.3. The summed E-state index contributed by atoms with van der Waals surface area (Å²) in [5.41, 5.74) is 4.47. The molecule has 1 aromatic carbocycles. The minimum absolute atomic E-state index is 0.0405. The normalized spacial score (nSPS) is 12.0. The van der Waals surface area contributed by atoms with Crippen LogP contribution in [0.3, 0.4) is 0 Å². The average molecular weight is 338 g/mol. The van der Waals surface area contributed by atoms with Crippen molar-refractivity contribution in [3.8, 4) is 5.69 Å². The molecule has 2 heterocycles. The van der Waals surface area contributed by atoms with E-state index in [0.717, 1.165) is 22.8 Å². The molecule has 0 unspecified atom stereocenters. The van der Waals surface area contributed by atoms with Gasteiger partial charge in [0.05, 0.1) is 17.1 Å². The van der Waals surface area contributed by atoms with Crippen molar-refractivity contribution in [2.45, 2.75) is 33.2 Å². The molecule has 3 aromatic rings. The number of para-hydroxylation sites is 2.